The fourth-order valence-corrected chi connectivity index (χ4v) is 2.44. The van der Waals surface area contributed by atoms with Gasteiger partial charge in [0, 0.05) is 13.1 Å². The number of nitriles is 1. The van der Waals surface area contributed by atoms with Crippen molar-refractivity contribution in [3.05, 3.63) is 72.2 Å². The number of nitrogens with zero attached hydrogens (tertiary/aromatic N) is 4. The molecule has 1 heterocycles. The molecule has 3 aromatic rings. The highest BCUT2D eigenvalue weighted by Crippen LogP contribution is 2.28. The fraction of sp³-hybridized carbons (Fsp3) is 0.100. The van der Waals surface area contributed by atoms with Crippen LogP contribution in [-0.2, 0) is 4.79 Å². The zero-order valence-corrected chi connectivity index (χ0v) is 14.4. The van der Waals surface area contributed by atoms with Crippen molar-refractivity contribution in [3.8, 4) is 17.6 Å². The molecule has 1 amide bonds. The van der Waals surface area contributed by atoms with E-state index in [-0.39, 0.29) is 5.91 Å². The molecule has 0 radical (unpaired) electrons. The van der Waals surface area contributed by atoms with Crippen molar-refractivity contribution < 1.29 is 9.53 Å². The van der Waals surface area contributed by atoms with Crippen LogP contribution in [0, 0.1) is 18.3 Å². The van der Waals surface area contributed by atoms with Gasteiger partial charge in [0.2, 0.25) is 5.91 Å². The van der Waals surface area contributed by atoms with Crippen LogP contribution in [0.3, 0.4) is 0 Å². The summed E-state index contributed by atoms with van der Waals surface area (Å²) < 4.78 is 5.76. The summed E-state index contributed by atoms with van der Waals surface area (Å²) in [5, 5.41) is 8.82. The minimum Gasteiger partial charge on any atom is -0.457 e. The molecule has 6 nitrogen and oxygen atoms in total. The molecule has 1 aromatic heterocycles. The number of hydrogen-bond donors (Lipinski definition) is 0. The van der Waals surface area contributed by atoms with E-state index in [0.29, 0.717) is 34.4 Å². The highest BCUT2D eigenvalue weighted by molar-refractivity contribution is 5.98. The Morgan fingerprint density at radius 3 is 2.19 bits per heavy atom. The first kappa shape index (κ1) is 17.1. The SMILES string of the molecule is CC(=O)N(c1ccc(Oc2ccc(C#N)cc2)cc1)c1ccnc(C)n1. The second kappa shape index (κ2) is 7.45. The molecule has 0 fully saturated rings. The van der Waals surface area contributed by atoms with Crippen molar-refractivity contribution in [2.75, 3.05) is 4.90 Å². The van der Waals surface area contributed by atoms with E-state index in [4.69, 9.17) is 10.00 Å². The molecule has 0 aliphatic heterocycles. The number of ether oxygens (including phenoxy) is 1. The number of aromatic nitrogens is 2. The highest BCUT2D eigenvalue weighted by atomic mass is 16.5. The van der Waals surface area contributed by atoms with Gasteiger partial charge < -0.3 is 4.74 Å². The van der Waals surface area contributed by atoms with Crippen LogP contribution in [0.1, 0.15) is 18.3 Å². The predicted molar refractivity (Wildman–Crippen MR) is 97.3 cm³/mol. The number of amides is 1. The Morgan fingerprint density at radius 2 is 1.65 bits per heavy atom. The first-order valence-corrected chi connectivity index (χ1v) is 7.95. The summed E-state index contributed by atoms with van der Waals surface area (Å²) in [7, 11) is 0. The molecule has 2 aromatic carbocycles. The average Bonchev–Trinajstić information content (AvgIpc) is 2.64. The Kier molecular flexibility index (Phi) is 4.90. The maximum atomic E-state index is 12.1. The molecule has 0 saturated heterocycles. The molecule has 3 rings (SSSR count). The fourth-order valence-electron chi connectivity index (χ4n) is 2.44. The topological polar surface area (TPSA) is 79.1 Å². The van der Waals surface area contributed by atoms with Crippen LogP contribution in [0.5, 0.6) is 11.5 Å². The summed E-state index contributed by atoms with van der Waals surface area (Å²) in [5.41, 5.74) is 1.26. The molecule has 0 bridgehead atoms. The zero-order chi connectivity index (χ0) is 18.5. The van der Waals surface area contributed by atoms with Crippen LogP contribution < -0.4 is 9.64 Å². The van der Waals surface area contributed by atoms with E-state index in [1.54, 1.807) is 67.7 Å². The van der Waals surface area contributed by atoms with Crippen molar-refractivity contribution in [3.63, 3.8) is 0 Å². The van der Waals surface area contributed by atoms with Gasteiger partial charge in [-0.1, -0.05) is 0 Å². The third-order valence-corrected chi connectivity index (χ3v) is 3.62. The largest absolute Gasteiger partial charge is 0.457 e. The van der Waals surface area contributed by atoms with Crippen molar-refractivity contribution in [1.29, 1.82) is 5.26 Å². The van der Waals surface area contributed by atoms with Crippen molar-refractivity contribution in [1.82, 2.24) is 9.97 Å². The van der Waals surface area contributed by atoms with Gasteiger partial charge >= 0.3 is 0 Å². The van der Waals surface area contributed by atoms with Crippen molar-refractivity contribution in [2.24, 2.45) is 0 Å². The Balaban J connectivity index is 1.82. The quantitative estimate of drug-likeness (QED) is 0.711. The first-order valence-electron chi connectivity index (χ1n) is 7.95. The molecule has 0 N–H and O–H groups in total. The maximum Gasteiger partial charge on any atom is 0.229 e. The molecule has 0 saturated carbocycles. The number of anilines is 2. The monoisotopic (exact) mass is 344 g/mol. The minimum atomic E-state index is -0.149. The number of rotatable bonds is 4. The lowest BCUT2D eigenvalue weighted by Gasteiger charge is -2.20. The zero-order valence-electron chi connectivity index (χ0n) is 14.4. The molecule has 0 atom stereocenters. The second-order valence-electron chi connectivity index (χ2n) is 5.55. The van der Waals surface area contributed by atoms with Gasteiger partial charge in [-0.15, -0.1) is 0 Å². The van der Waals surface area contributed by atoms with E-state index in [2.05, 4.69) is 16.0 Å². The summed E-state index contributed by atoms with van der Waals surface area (Å²) in [6.07, 6.45) is 1.62. The van der Waals surface area contributed by atoms with Crippen molar-refractivity contribution in [2.45, 2.75) is 13.8 Å². The predicted octanol–water partition coefficient (Wildman–Crippen LogP) is 4.13. The van der Waals surface area contributed by atoms with Crippen LogP contribution in [0.25, 0.3) is 0 Å². The normalized spacial score (nSPS) is 10.0. The van der Waals surface area contributed by atoms with Gasteiger partial charge in [0.05, 0.1) is 17.3 Å². The Bertz CT molecular complexity index is 960. The summed E-state index contributed by atoms with van der Waals surface area (Å²) in [4.78, 5) is 22.0. The maximum absolute atomic E-state index is 12.1. The lowest BCUT2D eigenvalue weighted by Crippen LogP contribution is -2.24. The Hall–Kier alpha value is -3.72. The smallest absolute Gasteiger partial charge is 0.229 e. The first-order chi connectivity index (χ1) is 12.6. The van der Waals surface area contributed by atoms with Crippen LogP contribution in [0.4, 0.5) is 11.5 Å². The van der Waals surface area contributed by atoms with E-state index < -0.39 is 0 Å². The van der Waals surface area contributed by atoms with Crippen molar-refractivity contribution >= 4 is 17.4 Å². The van der Waals surface area contributed by atoms with Gasteiger partial charge in [-0.3, -0.25) is 9.69 Å². The van der Waals surface area contributed by atoms with Crippen LogP contribution >= 0.6 is 0 Å². The molecule has 0 aliphatic rings. The standard InChI is InChI=1S/C20H16N4O2/c1-14-22-12-11-20(23-14)24(15(2)25)17-5-9-19(10-6-17)26-18-7-3-16(13-21)4-8-18/h3-12H,1-2H3. The summed E-state index contributed by atoms with van der Waals surface area (Å²) >= 11 is 0. The molecule has 0 spiro atoms. The van der Waals surface area contributed by atoms with Gasteiger partial charge in [0.25, 0.3) is 0 Å². The third kappa shape index (κ3) is 3.84. The summed E-state index contributed by atoms with van der Waals surface area (Å²) in [5.74, 6) is 2.22. The van der Waals surface area contributed by atoms with E-state index >= 15 is 0 Å². The van der Waals surface area contributed by atoms with Crippen LogP contribution in [0.15, 0.2) is 60.8 Å². The average molecular weight is 344 g/mol. The second-order valence-corrected chi connectivity index (χ2v) is 5.55. The minimum absolute atomic E-state index is 0.149. The van der Waals surface area contributed by atoms with E-state index in [1.165, 1.54) is 11.8 Å². The van der Waals surface area contributed by atoms with Gasteiger partial charge in [0.1, 0.15) is 23.1 Å². The molecule has 26 heavy (non-hydrogen) atoms. The molecule has 0 unspecified atom stereocenters. The third-order valence-electron chi connectivity index (χ3n) is 3.62. The van der Waals surface area contributed by atoms with E-state index in [9.17, 15) is 4.79 Å². The van der Waals surface area contributed by atoms with Gasteiger partial charge in [0.15, 0.2) is 0 Å². The molecular weight excluding hydrogens is 328 g/mol. The number of carbonyl (C=O) groups is 1. The van der Waals surface area contributed by atoms with Gasteiger partial charge in [-0.2, -0.15) is 5.26 Å². The highest BCUT2D eigenvalue weighted by Gasteiger charge is 2.16. The molecule has 6 heteroatoms. The molecule has 0 aliphatic carbocycles. The van der Waals surface area contributed by atoms with Gasteiger partial charge in [-0.25, -0.2) is 9.97 Å². The molecule has 128 valence electrons. The Labute approximate surface area is 151 Å². The molecular formula is C20H16N4O2. The number of aryl methyl sites for hydroxylation is 1. The lowest BCUT2D eigenvalue weighted by atomic mass is 10.2. The van der Waals surface area contributed by atoms with Gasteiger partial charge in [-0.05, 0) is 61.5 Å². The van der Waals surface area contributed by atoms with Crippen LogP contribution in [-0.4, -0.2) is 15.9 Å². The lowest BCUT2D eigenvalue weighted by molar-refractivity contribution is -0.115. The number of hydrogen-bond acceptors (Lipinski definition) is 5. The van der Waals surface area contributed by atoms with Crippen LogP contribution in [0.2, 0.25) is 0 Å². The van der Waals surface area contributed by atoms with E-state index in [1.807, 2.05) is 0 Å². The van der Waals surface area contributed by atoms with E-state index in [0.717, 1.165) is 0 Å². The summed E-state index contributed by atoms with van der Waals surface area (Å²) in [6.45, 7) is 3.26. The number of carbonyl (C=O) groups excluding carboxylic acids is 1. The summed E-state index contributed by atoms with van der Waals surface area (Å²) in [6, 6.07) is 17.7. The number of benzene rings is 2. The Morgan fingerprint density at radius 1 is 1.04 bits per heavy atom.